The molecule has 27 heavy (non-hydrogen) atoms. The lowest BCUT2D eigenvalue weighted by Crippen LogP contribution is -2.14. The van der Waals surface area contributed by atoms with Gasteiger partial charge >= 0.3 is 0 Å². The van der Waals surface area contributed by atoms with Gasteiger partial charge in [-0.15, -0.1) is 0 Å². The van der Waals surface area contributed by atoms with E-state index in [1.54, 1.807) is 18.2 Å². The van der Waals surface area contributed by atoms with Crippen LogP contribution in [0.1, 0.15) is 29.5 Å². The molecule has 0 unspecified atom stereocenters. The molecule has 0 radical (unpaired) electrons. The highest BCUT2D eigenvalue weighted by atomic mass is 35.5. The molecular weight excluding hydrogens is 428 g/mol. The maximum absolute atomic E-state index is 6.03. The average Bonchev–Trinajstić information content (AvgIpc) is 2.65. The van der Waals surface area contributed by atoms with Crippen LogP contribution < -0.4 is 4.74 Å². The van der Waals surface area contributed by atoms with Crippen molar-refractivity contribution < 1.29 is 9.57 Å². The Kier molecular flexibility index (Phi) is 7.31. The number of nitrogens with zero attached hydrogens (tertiary/aromatic N) is 1. The van der Waals surface area contributed by atoms with Crippen LogP contribution in [-0.4, -0.2) is 12.3 Å². The molecule has 0 aliphatic heterocycles. The van der Waals surface area contributed by atoms with Gasteiger partial charge in [-0.1, -0.05) is 69.8 Å². The van der Waals surface area contributed by atoms with Gasteiger partial charge in [-0.3, -0.25) is 0 Å². The van der Waals surface area contributed by atoms with Crippen LogP contribution in [0.4, 0.5) is 0 Å². The van der Waals surface area contributed by atoms with E-state index in [1.165, 1.54) is 0 Å². The Morgan fingerprint density at radius 3 is 2.70 bits per heavy atom. The molecule has 0 saturated carbocycles. The van der Waals surface area contributed by atoms with Crippen LogP contribution >= 0.6 is 46.4 Å². The second kappa shape index (κ2) is 9.70. The van der Waals surface area contributed by atoms with Crippen LogP contribution in [0.2, 0.25) is 10.0 Å². The molecule has 0 heterocycles. The Balaban J connectivity index is 1.72. The van der Waals surface area contributed by atoms with Gasteiger partial charge in [0.1, 0.15) is 23.5 Å². The summed E-state index contributed by atoms with van der Waals surface area (Å²) < 4.78 is 5.99. The van der Waals surface area contributed by atoms with Gasteiger partial charge in [-0.25, -0.2) is 0 Å². The lowest BCUT2D eigenvalue weighted by Gasteiger charge is -2.20. The van der Waals surface area contributed by atoms with E-state index >= 15 is 0 Å². The number of hydrogen-bond donors (Lipinski definition) is 0. The molecule has 0 bridgehead atoms. The van der Waals surface area contributed by atoms with Gasteiger partial charge in [-0.2, -0.15) is 0 Å². The minimum atomic E-state index is 0.192. The minimum absolute atomic E-state index is 0.192. The lowest BCUT2D eigenvalue weighted by molar-refractivity contribution is 0.130. The Morgan fingerprint density at radius 1 is 1.07 bits per heavy atom. The third kappa shape index (κ3) is 5.55. The van der Waals surface area contributed by atoms with Crippen LogP contribution in [0.15, 0.2) is 52.1 Å². The largest absolute Gasteiger partial charge is 0.489 e. The van der Waals surface area contributed by atoms with Gasteiger partial charge < -0.3 is 9.57 Å². The van der Waals surface area contributed by atoms with Gasteiger partial charge in [-0.05, 0) is 49.1 Å². The van der Waals surface area contributed by atoms with Crippen LogP contribution in [0.5, 0.6) is 5.75 Å². The van der Waals surface area contributed by atoms with Crippen molar-refractivity contribution in [3.63, 3.8) is 0 Å². The fourth-order valence-electron chi connectivity index (χ4n) is 2.90. The van der Waals surface area contributed by atoms with E-state index in [0.29, 0.717) is 23.3 Å². The van der Waals surface area contributed by atoms with E-state index in [9.17, 15) is 0 Å². The Bertz CT molecular complexity index is 876. The molecule has 2 aromatic rings. The first kappa shape index (κ1) is 20.3. The van der Waals surface area contributed by atoms with Crippen LogP contribution in [0.3, 0.4) is 0 Å². The van der Waals surface area contributed by atoms with E-state index in [2.05, 4.69) is 5.16 Å². The van der Waals surface area contributed by atoms with Crippen molar-refractivity contribution in [2.45, 2.75) is 25.9 Å². The topological polar surface area (TPSA) is 30.8 Å². The Hall–Kier alpha value is -1.39. The van der Waals surface area contributed by atoms with Crippen LogP contribution in [0, 0.1) is 0 Å². The summed E-state index contributed by atoms with van der Waals surface area (Å²) in [5.74, 6) is 0.815. The maximum atomic E-state index is 6.03. The zero-order chi connectivity index (χ0) is 19.2. The maximum Gasteiger partial charge on any atom is 0.142 e. The van der Waals surface area contributed by atoms with Gasteiger partial charge in [0.15, 0.2) is 0 Å². The average molecular weight is 445 g/mol. The monoisotopic (exact) mass is 443 g/mol. The summed E-state index contributed by atoms with van der Waals surface area (Å²) in [6.45, 7) is 0.643. The van der Waals surface area contributed by atoms with Gasteiger partial charge in [0, 0.05) is 11.1 Å². The summed E-state index contributed by atoms with van der Waals surface area (Å²) in [5.41, 5.74) is 3.99. The fraction of sp³-hybridized carbons (Fsp3) is 0.250. The molecule has 1 aliphatic rings. The van der Waals surface area contributed by atoms with Crippen molar-refractivity contribution in [2.75, 3.05) is 6.61 Å². The predicted octanol–water partition coefficient (Wildman–Crippen LogP) is 6.95. The quantitative estimate of drug-likeness (QED) is 0.451. The Morgan fingerprint density at radius 2 is 1.93 bits per heavy atom. The second-order valence-corrected chi connectivity index (χ2v) is 7.82. The zero-order valence-corrected chi connectivity index (χ0v) is 17.4. The molecule has 3 rings (SSSR count). The number of rotatable bonds is 6. The summed E-state index contributed by atoms with van der Waals surface area (Å²) in [6, 6.07) is 11.3. The van der Waals surface area contributed by atoms with Gasteiger partial charge in [0.05, 0.1) is 15.8 Å². The minimum Gasteiger partial charge on any atom is -0.489 e. The molecule has 142 valence electrons. The summed E-state index contributed by atoms with van der Waals surface area (Å²) in [4.78, 5) is 5.56. The summed E-state index contributed by atoms with van der Waals surface area (Å²) in [7, 11) is 0. The summed E-state index contributed by atoms with van der Waals surface area (Å²) >= 11 is 23.2. The van der Waals surface area contributed by atoms with E-state index in [4.69, 9.17) is 56.0 Å². The fourth-order valence-corrected chi connectivity index (χ4v) is 3.35. The molecule has 1 aliphatic carbocycles. The normalized spacial score (nSPS) is 14.6. The molecule has 0 fully saturated rings. The van der Waals surface area contributed by atoms with Crippen molar-refractivity contribution in [1.82, 2.24) is 0 Å². The molecule has 2 aromatic carbocycles. The van der Waals surface area contributed by atoms with E-state index < -0.39 is 0 Å². The second-order valence-electron chi connectivity index (χ2n) is 6.00. The Labute approximate surface area is 178 Å². The lowest BCUT2D eigenvalue weighted by atomic mass is 9.89. The number of fused-ring (bicyclic) bond motifs is 1. The standard InChI is InChI=1S/C20H17Cl4NO2/c21-16-8-7-13(11-17(16)22)12-27-25-18-5-1-4-15-14(18)3-2-6-19(15)26-10-9-20(23)24/h2-3,6-9,11H,1,4-5,10,12H2/b25-18+. The van der Waals surface area contributed by atoms with E-state index in [-0.39, 0.29) is 4.49 Å². The van der Waals surface area contributed by atoms with Crippen molar-refractivity contribution >= 4 is 52.1 Å². The third-order valence-electron chi connectivity index (χ3n) is 4.15. The van der Waals surface area contributed by atoms with Crippen molar-refractivity contribution in [3.8, 4) is 5.75 Å². The number of halogens is 4. The van der Waals surface area contributed by atoms with E-state index in [1.807, 2.05) is 24.3 Å². The molecule has 7 heteroatoms. The molecule has 0 N–H and O–H groups in total. The first-order valence-corrected chi connectivity index (χ1v) is 9.95. The van der Waals surface area contributed by atoms with Gasteiger partial charge in [0.25, 0.3) is 0 Å². The highest BCUT2D eigenvalue weighted by Gasteiger charge is 2.19. The first-order chi connectivity index (χ1) is 13.0. The summed E-state index contributed by atoms with van der Waals surface area (Å²) in [6.07, 6.45) is 4.37. The number of oxime groups is 1. The number of benzene rings is 2. The molecule has 0 aromatic heterocycles. The smallest absolute Gasteiger partial charge is 0.142 e. The van der Waals surface area contributed by atoms with Crippen molar-refractivity contribution in [3.05, 3.63) is 73.7 Å². The highest BCUT2D eigenvalue weighted by molar-refractivity contribution is 6.55. The van der Waals surface area contributed by atoms with Crippen molar-refractivity contribution in [2.24, 2.45) is 5.16 Å². The molecule has 3 nitrogen and oxygen atoms in total. The molecule has 0 saturated heterocycles. The van der Waals surface area contributed by atoms with Crippen molar-refractivity contribution in [1.29, 1.82) is 0 Å². The number of ether oxygens (including phenoxy) is 1. The third-order valence-corrected chi connectivity index (χ3v) is 5.20. The molecule has 0 atom stereocenters. The SMILES string of the molecule is ClC(Cl)=CCOc1cccc2c1CCC/C2=N\OCc1ccc(Cl)c(Cl)c1. The zero-order valence-electron chi connectivity index (χ0n) is 14.4. The molecular formula is C20H17Cl4NO2. The number of hydrogen-bond acceptors (Lipinski definition) is 3. The van der Waals surface area contributed by atoms with Crippen LogP contribution in [-0.2, 0) is 17.9 Å². The van der Waals surface area contributed by atoms with Gasteiger partial charge in [0.2, 0.25) is 0 Å². The van der Waals surface area contributed by atoms with E-state index in [0.717, 1.165) is 47.4 Å². The molecule has 0 amide bonds. The highest BCUT2D eigenvalue weighted by Crippen LogP contribution is 2.30. The molecule has 0 spiro atoms. The first-order valence-electron chi connectivity index (χ1n) is 8.43. The predicted molar refractivity (Wildman–Crippen MR) is 112 cm³/mol. The summed E-state index contributed by atoms with van der Waals surface area (Å²) in [5, 5.41) is 5.37. The van der Waals surface area contributed by atoms with Crippen LogP contribution in [0.25, 0.3) is 0 Å².